The topological polar surface area (TPSA) is 85.5 Å². The van der Waals surface area contributed by atoms with Gasteiger partial charge in [-0.2, -0.15) is 0 Å². The van der Waals surface area contributed by atoms with Crippen LogP contribution in [0, 0.1) is 0 Å². The minimum atomic E-state index is -0.287. The van der Waals surface area contributed by atoms with E-state index in [9.17, 15) is 14.4 Å². The van der Waals surface area contributed by atoms with E-state index < -0.39 is 0 Å². The van der Waals surface area contributed by atoms with E-state index in [1.807, 2.05) is 23.1 Å². The predicted molar refractivity (Wildman–Crippen MR) is 100 cm³/mol. The average molecular weight is 354 g/mol. The molecule has 1 fully saturated rings. The molecule has 0 radical (unpaired) electrons. The van der Waals surface area contributed by atoms with E-state index in [2.05, 4.69) is 16.9 Å². The summed E-state index contributed by atoms with van der Waals surface area (Å²) in [4.78, 5) is 43.0. The van der Waals surface area contributed by atoms with Crippen LogP contribution in [0.3, 0.4) is 0 Å². The normalized spacial score (nSPS) is 15.0. The second-order valence-corrected chi connectivity index (χ2v) is 6.25. The third-order valence-corrected chi connectivity index (χ3v) is 4.45. The molecule has 2 aromatic rings. The number of hydrogen-bond donors (Lipinski definition) is 2. The highest BCUT2D eigenvalue weighted by Gasteiger charge is 2.24. The number of nitrogens with zero attached hydrogens (tertiary/aromatic N) is 2. The molecule has 7 nitrogen and oxygen atoms in total. The quantitative estimate of drug-likeness (QED) is 0.770. The predicted octanol–water partition coefficient (Wildman–Crippen LogP) is 0.588. The molecule has 2 N–H and O–H groups in total. The van der Waals surface area contributed by atoms with E-state index in [1.165, 1.54) is 6.07 Å². The first-order valence-electron chi connectivity index (χ1n) is 8.60. The van der Waals surface area contributed by atoms with Gasteiger partial charge in [0.05, 0.1) is 12.1 Å². The van der Waals surface area contributed by atoms with Crippen LogP contribution >= 0.6 is 0 Å². The number of carbonyl (C=O) groups excluding carboxylic acids is 2. The Hall–Kier alpha value is -2.93. The Balaban J connectivity index is 1.67. The first-order chi connectivity index (χ1) is 12.6. The zero-order chi connectivity index (χ0) is 18.5. The van der Waals surface area contributed by atoms with E-state index in [-0.39, 0.29) is 17.4 Å². The number of pyridine rings is 1. The lowest BCUT2D eigenvalue weighted by atomic mass is 10.1. The van der Waals surface area contributed by atoms with Gasteiger partial charge in [-0.05, 0) is 6.07 Å². The minimum Gasteiger partial charge on any atom is -0.352 e. The fourth-order valence-electron chi connectivity index (χ4n) is 3.11. The van der Waals surface area contributed by atoms with Crippen molar-refractivity contribution in [3.63, 3.8) is 0 Å². The van der Waals surface area contributed by atoms with Crippen molar-refractivity contribution in [2.45, 2.75) is 0 Å². The molecule has 0 unspecified atom stereocenters. The van der Waals surface area contributed by atoms with Gasteiger partial charge in [-0.15, -0.1) is 6.58 Å². The number of benzene rings is 1. The van der Waals surface area contributed by atoms with Crippen LogP contribution in [0.5, 0.6) is 0 Å². The van der Waals surface area contributed by atoms with Crippen LogP contribution in [0.15, 0.2) is 47.8 Å². The Kier molecular flexibility index (Phi) is 5.48. The molecule has 1 aliphatic heterocycles. The maximum absolute atomic E-state index is 12.9. The second-order valence-electron chi connectivity index (χ2n) is 6.25. The zero-order valence-electron chi connectivity index (χ0n) is 14.5. The third-order valence-electron chi connectivity index (χ3n) is 4.45. The summed E-state index contributed by atoms with van der Waals surface area (Å²) in [6.07, 6.45) is 1.64. The Morgan fingerprint density at radius 1 is 1.19 bits per heavy atom. The van der Waals surface area contributed by atoms with Crippen molar-refractivity contribution in [1.82, 2.24) is 20.1 Å². The van der Waals surface area contributed by atoms with E-state index in [0.29, 0.717) is 50.3 Å². The van der Waals surface area contributed by atoms with Crippen molar-refractivity contribution in [2.75, 3.05) is 39.3 Å². The Morgan fingerprint density at radius 3 is 2.65 bits per heavy atom. The van der Waals surface area contributed by atoms with Crippen LogP contribution < -0.4 is 10.9 Å². The van der Waals surface area contributed by atoms with E-state index in [0.717, 1.165) is 5.39 Å². The smallest absolute Gasteiger partial charge is 0.254 e. The lowest BCUT2D eigenvalue weighted by Crippen LogP contribution is -2.51. The minimum absolute atomic E-state index is 0.0507. The molecule has 2 heterocycles. The van der Waals surface area contributed by atoms with Gasteiger partial charge in [0.15, 0.2) is 0 Å². The van der Waals surface area contributed by atoms with Crippen LogP contribution in [0.1, 0.15) is 10.4 Å². The van der Waals surface area contributed by atoms with Gasteiger partial charge in [0.25, 0.3) is 5.91 Å². The molecule has 26 heavy (non-hydrogen) atoms. The van der Waals surface area contributed by atoms with Crippen molar-refractivity contribution in [3.8, 4) is 0 Å². The highest BCUT2D eigenvalue weighted by atomic mass is 16.2. The highest BCUT2D eigenvalue weighted by Crippen LogP contribution is 2.17. The fraction of sp³-hybridized carbons (Fsp3) is 0.316. The Bertz CT molecular complexity index is 882. The van der Waals surface area contributed by atoms with Crippen molar-refractivity contribution in [3.05, 3.63) is 58.9 Å². The molecular formula is C19H22N4O3. The molecule has 0 spiro atoms. The first kappa shape index (κ1) is 17.9. The molecular weight excluding hydrogens is 332 g/mol. The largest absolute Gasteiger partial charge is 0.352 e. The van der Waals surface area contributed by atoms with Gasteiger partial charge >= 0.3 is 0 Å². The summed E-state index contributed by atoms with van der Waals surface area (Å²) >= 11 is 0. The average Bonchev–Trinajstić information content (AvgIpc) is 2.65. The molecule has 1 aromatic heterocycles. The van der Waals surface area contributed by atoms with E-state index in [1.54, 1.807) is 17.0 Å². The number of H-pyrrole nitrogens is 1. The molecule has 0 aliphatic carbocycles. The number of hydrogen-bond acceptors (Lipinski definition) is 4. The molecule has 136 valence electrons. The van der Waals surface area contributed by atoms with Crippen LogP contribution in [-0.4, -0.2) is 65.9 Å². The van der Waals surface area contributed by atoms with Crippen molar-refractivity contribution in [1.29, 1.82) is 0 Å². The summed E-state index contributed by atoms with van der Waals surface area (Å²) in [6.45, 7) is 6.61. The van der Waals surface area contributed by atoms with Gasteiger partial charge in [0.2, 0.25) is 11.5 Å². The molecule has 1 saturated heterocycles. The lowest BCUT2D eigenvalue weighted by Gasteiger charge is -2.34. The van der Waals surface area contributed by atoms with Gasteiger partial charge in [-0.1, -0.05) is 24.3 Å². The van der Waals surface area contributed by atoms with Crippen molar-refractivity contribution >= 4 is 22.7 Å². The van der Waals surface area contributed by atoms with Crippen molar-refractivity contribution in [2.24, 2.45) is 0 Å². The molecule has 1 aromatic carbocycles. The number of aromatic nitrogens is 1. The number of rotatable bonds is 5. The van der Waals surface area contributed by atoms with Crippen LogP contribution in [-0.2, 0) is 4.79 Å². The summed E-state index contributed by atoms with van der Waals surface area (Å²) in [5.41, 5.74) is 0.784. The molecule has 1 aliphatic rings. The summed E-state index contributed by atoms with van der Waals surface area (Å²) in [6, 6.07) is 8.64. The number of carbonyl (C=O) groups is 2. The molecule has 7 heteroatoms. The van der Waals surface area contributed by atoms with Crippen LogP contribution in [0.4, 0.5) is 0 Å². The summed E-state index contributed by atoms with van der Waals surface area (Å²) in [7, 11) is 0. The van der Waals surface area contributed by atoms with Gasteiger partial charge in [0, 0.05) is 49.7 Å². The summed E-state index contributed by atoms with van der Waals surface area (Å²) < 4.78 is 0. The Labute approximate surface area is 151 Å². The Morgan fingerprint density at radius 2 is 1.92 bits per heavy atom. The van der Waals surface area contributed by atoms with E-state index in [4.69, 9.17) is 0 Å². The monoisotopic (exact) mass is 354 g/mol. The van der Waals surface area contributed by atoms with E-state index >= 15 is 0 Å². The number of piperazine rings is 1. The maximum atomic E-state index is 12.9. The van der Waals surface area contributed by atoms with Gasteiger partial charge in [-0.25, -0.2) is 0 Å². The molecule has 0 bridgehead atoms. The number of aromatic amines is 1. The number of nitrogens with one attached hydrogen (secondary N) is 2. The number of para-hydroxylation sites is 1. The molecule has 0 saturated carbocycles. The zero-order valence-corrected chi connectivity index (χ0v) is 14.5. The second kappa shape index (κ2) is 7.97. The van der Waals surface area contributed by atoms with Crippen LogP contribution in [0.2, 0.25) is 0 Å². The van der Waals surface area contributed by atoms with Crippen LogP contribution in [0.25, 0.3) is 10.9 Å². The SMILES string of the molecule is C=CCNC(=O)CN1CCN(C(=O)c2cc(=O)[nH]c3ccccc23)CC1. The van der Waals surface area contributed by atoms with Gasteiger partial charge < -0.3 is 15.2 Å². The standard InChI is InChI=1S/C19H22N4O3/c1-2-7-20-18(25)13-22-8-10-23(11-9-22)19(26)15-12-17(24)21-16-6-4-3-5-14(15)16/h2-6,12H,1,7-11,13H2,(H,20,25)(H,21,24). The number of amides is 2. The third kappa shape index (κ3) is 4.00. The highest BCUT2D eigenvalue weighted by molar-refractivity contribution is 6.06. The fourth-order valence-corrected chi connectivity index (χ4v) is 3.11. The van der Waals surface area contributed by atoms with Gasteiger partial charge in [0.1, 0.15) is 0 Å². The van der Waals surface area contributed by atoms with Crippen molar-refractivity contribution < 1.29 is 9.59 Å². The first-order valence-corrected chi connectivity index (χ1v) is 8.60. The molecule has 2 amide bonds. The summed E-state index contributed by atoms with van der Waals surface area (Å²) in [5.74, 6) is -0.201. The molecule has 3 rings (SSSR count). The number of fused-ring (bicyclic) bond motifs is 1. The maximum Gasteiger partial charge on any atom is 0.254 e. The van der Waals surface area contributed by atoms with Gasteiger partial charge in [-0.3, -0.25) is 19.3 Å². The molecule has 0 atom stereocenters. The summed E-state index contributed by atoms with van der Waals surface area (Å²) in [5, 5.41) is 3.49. The lowest BCUT2D eigenvalue weighted by molar-refractivity contribution is -0.122.